The van der Waals surface area contributed by atoms with E-state index in [0.29, 0.717) is 24.3 Å². The number of aliphatic hydroxyl groups is 1. The van der Waals surface area contributed by atoms with Crippen molar-refractivity contribution in [3.8, 4) is 0 Å². The summed E-state index contributed by atoms with van der Waals surface area (Å²) in [4.78, 5) is 2.29. The lowest BCUT2D eigenvalue weighted by molar-refractivity contribution is -0.0353. The number of fused-ring (bicyclic) bond motifs is 1. The van der Waals surface area contributed by atoms with Crippen LogP contribution < -0.4 is 0 Å². The first kappa shape index (κ1) is 22.5. The smallest absolute Gasteiger partial charge is 0.249 e. The molecule has 4 rings (SSSR count). The Balaban J connectivity index is 1.36. The molecule has 0 radical (unpaired) electrons. The fourth-order valence-electron chi connectivity index (χ4n) is 7.06. The maximum Gasteiger partial charge on any atom is 0.249 e. The highest BCUT2D eigenvalue weighted by molar-refractivity contribution is 5.25. The summed E-state index contributed by atoms with van der Waals surface area (Å²) in [5, 5.41) is 9.95. The zero-order chi connectivity index (χ0) is 21.4. The molecule has 1 N–H and O–H groups in total. The number of likely N-dealkylation sites (tertiary alicyclic amines) is 1. The van der Waals surface area contributed by atoms with Gasteiger partial charge in [0.1, 0.15) is 0 Å². The lowest BCUT2D eigenvalue weighted by Crippen LogP contribution is -2.35. The number of hydrogen-bond acceptors (Lipinski definition) is 2. The van der Waals surface area contributed by atoms with Gasteiger partial charge in [-0.2, -0.15) is 0 Å². The molecule has 0 spiro atoms. The van der Waals surface area contributed by atoms with Crippen molar-refractivity contribution in [1.29, 1.82) is 0 Å². The van der Waals surface area contributed by atoms with E-state index in [9.17, 15) is 13.9 Å². The van der Waals surface area contributed by atoms with Gasteiger partial charge in [0, 0.05) is 12.5 Å². The van der Waals surface area contributed by atoms with Crippen molar-refractivity contribution in [1.82, 2.24) is 4.90 Å². The van der Waals surface area contributed by atoms with Crippen molar-refractivity contribution in [2.24, 2.45) is 23.2 Å². The Bertz CT molecular complexity index is 666. The summed E-state index contributed by atoms with van der Waals surface area (Å²) in [6, 6.07) is 0. The number of rotatable bonds is 5. The second kappa shape index (κ2) is 9.02. The van der Waals surface area contributed by atoms with E-state index in [2.05, 4.69) is 24.0 Å². The summed E-state index contributed by atoms with van der Waals surface area (Å²) in [7, 11) is 0. The number of hydrogen-bond donors (Lipinski definition) is 1. The minimum Gasteiger partial charge on any atom is -0.393 e. The summed E-state index contributed by atoms with van der Waals surface area (Å²) >= 11 is 0. The fourth-order valence-corrected chi connectivity index (χ4v) is 7.06. The van der Waals surface area contributed by atoms with Crippen LogP contribution in [0.1, 0.15) is 84.5 Å². The Labute approximate surface area is 181 Å². The summed E-state index contributed by atoms with van der Waals surface area (Å²) in [6.45, 7) is 5.99. The van der Waals surface area contributed by atoms with Crippen molar-refractivity contribution in [2.45, 2.75) is 96.5 Å². The predicted molar refractivity (Wildman–Crippen MR) is 119 cm³/mol. The van der Waals surface area contributed by atoms with Gasteiger partial charge in [0.25, 0.3) is 0 Å². The molecule has 1 aliphatic heterocycles. The second-order valence-corrected chi connectivity index (χ2v) is 11.0. The third-order valence-electron chi connectivity index (χ3n) is 9.01. The van der Waals surface area contributed by atoms with Crippen LogP contribution in [-0.4, -0.2) is 41.7 Å². The first-order valence-electron chi connectivity index (χ1n) is 12.4. The summed E-state index contributed by atoms with van der Waals surface area (Å²) in [5.74, 6) is -1.59. The summed E-state index contributed by atoms with van der Waals surface area (Å²) < 4.78 is 27.3. The van der Waals surface area contributed by atoms with Gasteiger partial charge in [-0.25, -0.2) is 8.78 Å². The number of aliphatic hydroxyl groups excluding tert-OH is 1. The van der Waals surface area contributed by atoms with Crippen molar-refractivity contribution < 1.29 is 13.9 Å². The van der Waals surface area contributed by atoms with Crippen LogP contribution in [0.2, 0.25) is 0 Å². The fraction of sp³-hybridized carbons (Fsp3) is 0.846. The molecular weight excluding hydrogens is 380 g/mol. The van der Waals surface area contributed by atoms with Gasteiger partial charge in [0.15, 0.2) is 0 Å². The van der Waals surface area contributed by atoms with Gasteiger partial charge in [-0.1, -0.05) is 30.2 Å². The third-order valence-corrected chi connectivity index (χ3v) is 9.01. The SMILES string of the molecule is CC(F)(F)[C@H]1CCN(CC[C@H]2CCC3/C(=C/C=C4/CCCC(O)C4)CCCC32C)C1. The molecule has 30 heavy (non-hydrogen) atoms. The Kier molecular flexibility index (Phi) is 6.75. The molecule has 0 amide bonds. The highest BCUT2D eigenvalue weighted by atomic mass is 19.3. The molecule has 0 aromatic heterocycles. The molecule has 1 heterocycles. The van der Waals surface area contributed by atoms with E-state index in [-0.39, 0.29) is 6.10 Å². The molecule has 0 aromatic carbocycles. The van der Waals surface area contributed by atoms with E-state index in [1.165, 1.54) is 37.7 Å². The lowest BCUT2D eigenvalue weighted by atomic mass is 9.63. The van der Waals surface area contributed by atoms with Gasteiger partial charge in [0.2, 0.25) is 5.92 Å². The summed E-state index contributed by atoms with van der Waals surface area (Å²) in [5.41, 5.74) is 3.42. The van der Waals surface area contributed by atoms with Crippen LogP contribution in [-0.2, 0) is 0 Å². The number of alkyl halides is 2. The summed E-state index contributed by atoms with van der Waals surface area (Å²) in [6.07, 6.45) is 16.8. The number of halogens is 2. The van der Waals surface area contributed by atoms with E-state index in [1.54, 1.807) is 5.57 Å². The van der Waals surface area contributed by atoms with E-state index < -0.39 is 11.8 Å². The van der Waals surface area contributed by atoms with Crippen LogP contribution in [0, 0.1) is 23.2 Å². The molecule has 4 aliphatic rings. The molecule has 2 nitrogen and oxygen atoms in total. The van der Waals surface area contributed by atoms with Crippen LogP contribution in [0.3, 0.4) is 0 Å². The van der Waals surface area contributed by atoms with Gasteiger partial charge in [-0.3, -0.25) is 0 Å². The predicted octanol–water partition coefficient (Wildman–Crippen LogP) is 6.36. The van der Waals surface area contributed by atoms with Crippen LogP contribution in [0.5, 0.6) is 0 Å². The van der Waals surface area contributed by atoms with Gasteiger partial charge in [-0.15, -0.1) is 0 Å². The molecule has 0 bridgehead atoms. The van der Waals surface area contributed by atoms with Crippen LogP contribution in [0.4, 0.5) is 8.78 Å². The Hall–Kier alpha value is -0.740. The van der Waals surface area contributed by atoms with Crippen molar-refractivity contribution in [3.05, 3.63) is 23.3 Å². The maximum absolute atomic E-state index is 13.6. The Morgan fingerprint density at radius 1 is 1.13 bits per heavy atom. The molecule has 5 atom stereocenters. The van der Waals surface area contributed by atoms with E-state index in [0.717, 1.165) is 58.0 Å². The van der Waals surface area contributed by atoms with Crippen LogP contribution in [0.15, 0.2) is 23.3 Å². The molecule has 3 unspecified atom stereocenters. The maximum atomic E-state index is 13.6. The van der Waals surface area contributed by atoms with Gasteiger partial charge < -0.3 is 10.0 Å². The van der Waals surface area contributed by atoms with E-state index >= 15 is 0 Å². The molecule has 170 valence electrons. The third kappa shape index (κ3) is 4.85. The molecule has 3 aliphatic carbocycles. The normalized spacial score (nSPS) is 41.0. The van der Waals surface area contributed by atoms with Crippen LogP contribution >= 0.6 is 0 Å². The Morgan fingerprint density at radius 2 is 1.97 bits per heavy atom. The largest absolute Gasteiger partial charge is 0.393 e. The first-order valence-corrected chi connectivity index (χ1v) is 12.4. The highest BCUT2D eigenvalue weighted by Gasteiger charge is 2.49. The van der Waals surface area contributed by atoms with Crippen LogP contribution in [0.25, 0.3) is 0 Å². The second-order valence-electron chi connectivity index (χ2n) is 11.0. The number of allylic oxidation sites excluding steroid dienone is 3. The first-order chi connectivity index (χ1) is 14.3. The molecule has 0 aromatic rings. The highest BCUT2D eigenvalue weighted by Crippen LogP contribution is 2.58. The zero-order valence-electron chi connectivity index (χ0n) is 19.0. The molecular formula is C26H41F2NO. The Morgan fingerprint density at radius 3 is 2.70 bits per heavy atom. The minimum absolute atomic E-state index is 0.145. The average molecular weight is 422 g/mol. The van der Waals surface area contributed by atoms with Gasteiger partial charge in [-0.05, 0) is 108 Å². The molecule has 4 fully saturated rings. The van der Waals surface area contributed by atoms with Gasteiger partial charge >= 0.3 is 0 Å². The minimum atomic E-state index is -2.54. The molecule has 4 heteroatoms. The van der Waals surface area contributed by atoms with Crippen molar-refractivity contribution >= 4 is 0 Å². The number of nitrogens with zero attached hydrogens (tertiary/aromatic N) is 1. The van der Waals surface area contributed by atoms with Gasteiger partial charge in [0.05, 0.1) is 6.10 Å². The van der Waals surface area contributed by atoms with E-state index in [4.69, 9.17) is 0 Å². The standard InChI is InChI=1S/C26H41F2NO/c1-25-14-4-6-20(9-8-19-5-3-7-23(30)17-19)24(25)11-10-21(25)12-15-29-16-13-22(18-29)26(2,27)28/h8-9,21-24,30H,3-7,10-18H2,1-2H3/b19-8-,20-9+/t21-,22+,23?,24?,25?/m1/s1. The van der Waals surface area contributed by atoms with Crippen molar-refractivity contribution in [3.63, 3.8) is 0 Å². The van der Waals surface area contributed by atoms with E-state index in [1.807, 2.05) is 0 Å². The monoisotopic (exact) mass is 421 g/mol. The molecule has 3 saturated carbocycles. The van der Waals surface area contributed by atoms with Crippen molar-refractivity contribution in [2.75, 3.05) is 19.6 Å². The lowest BCUT2D eigenvalue weighted by Gasteiger charge is -2.43. The topological polar surface area (TPSA) is 23.5 Å². The zero-order valence-corrected chi connectivity index (χ0v) is 19.0. The molecule has 1 saturated heterocycles. The average Bonchev–Trinajstić information content (AvgIpc) is 3.29. The quantitative estimate of drug-likeness (QED) is 0.558.